The number of carbonyl (C=O) groups excluding carboxylic acids is 1. The minimum atomic E-state index is -4.67. The van der Waals surface area contributed by atoms with E-state index < -0.39 is 24.2 Å². The summed E-state index contributed by atoms with van der Waals surface area (Å²) < 4.78 is 45.3. The van der Waals surface area contributed by atoms with Crippen LogP contribution in [0.3, 0.4) is 0 Å². The standard InChI is InChI=1S/C11H18F3NO3/c1-7-5-8(17-11(12,13)14)6-15(7)9(16)18-10(2,3)4/h7-8H,5-6H2,1-4H3/t7-,8+/m1/s1. The Hall–Kier alpha value is -0.980. The monoisotopic (exact) mass is 269 g/mol. The number of likely N-dealkylation sites (tertiary alicyclic amines) is 1. The second-order valence-electron chi connectivity index (χ2n) is 5.40. The number of alkyl halides is 3. The molecule has 1 aliphatic rings. The summed E-state index contributed by atoms with van der Waals surface area (Å²) in [6.45, 7) is 6.68. The van der Waals surface area contributed by atoms with E-state index in [1.165, 1.54) is 4.90 Å². The van der Waals surface area contributed by atoms with Crippen LogP contribution in [0.25, 0.3) is 0 Å². The molecule has 0 radical (unpaired) electrons. The molecule has 1 aliphatic heterocycles. The Morgan fingerprint density at radius 2 is 1.83 bits per heavy atom. The summed E-state index contributed by atoms with van der Waals surface area (Å²) in [4.78, 5) is 13.0. The topological polar surface area (TPSA) is 38.8 Å². The van der Waals surface area contributed by atoms with E-state index in [9.17, 15) is 18.0 Å². The van der Waals surface area contributed by atoms with Crippen LogP contribution in [0.4, 0.5) is 18.0 Å². The van der Waals surface area contributed by atoms with E-state index in [-0.39, 0.29) is 19.0 Å². The van der Waals surface area contributed by atoms with E-state index in [0.717, 1.165) is 0 Å². The summed E-state index contributed by atoms with van der Waals surface area (Å²) in [5, 5.41) is 0. The Kier molecular flexibility index (Phi) is 4.15. The Morgan fingerprint density at radius 3 is 2.28 bits per heavy atom. The minimum Gasteiger partial charge on any atom is -0.444 e. The van der Waals surface area contributed by atoms with Gasteiger partial charge in [0.05, 0.1) is 12.6 Å². The van der Waals surface area contributed by atoms with Crippen LogP contribution in [0.1, 0.15) is 34.1 Å². The van der Waals surface area contributed by atoms with Crippen LogP contribution in [0, 0.1) is 0 Å². The number of rotatable bonds is 1. The van der Waals surface area contributed by atoms with E-state index in [4.69, 9.17) is 4.74 Å². The Balaban J connectivity index is 2.57. The van der Waals surface area contributed by atoms with Crippen LogP contribution in [0.2, 0.25) is 0 Å². The van der Waals surface area contributed by atoms with Crippen LogP contribution < -0.4 is 0 Å². The van der Waals surface area contributed by atoms with E-state index in [2.05, 4.69) is 4.74 Å². The summed E-state index contributed by atoms with van der Waals surface area (Å²) in [5.41, 5.74) is -0.667. The van der Waals surface area contributed by atoms with E-state index in [1.54, 1.807) is 27.7 Å². The maximum Gasteiger partial charge on any atom is 0.522 e. The van der Waals surface area contributed by atoms with Gasteiger partial charge in [0, 0.05) is 6.04 Å². The van der Waals surface area contributed by atoms with Gasteiger partial charge in [0.2, 0.25) is 0 Å². The molecule has 4 nitrogen and oxygen atoms in total. The SMILES string of the molecule is C[C@@H]1C[C@H](OC(F)(F)F)CN1C(=O)OC(C)(C)C. The molecule has 1 saturated heterocycles. The van der Waals surface area contributed by atoms with Crippen molar-refractivity contribution in [3.8, 4) is 0 Å². The zero-order valence-corrected chi connectivity index (χ0v) is 10.9. The normalized spacial score (nSPS) is 25.4. The second-order valence-corrected chi connectivity index (χ2v) is 5.40. The van der Waals surface area contributed by atoms with Gasteiger partial charge in [-0.25, -0.2) is 4.79 Å². The van der Waals surface area contributed by atoms with Crippen LogP contribution >= 0.6 is 0 Å². The molecule has 1 heterocycles. The van der Waals surface area contributed by atoms with Gasteiger partial charge in [0.25, 0.3) is 0 Å². The van der Waals surface area contributed by atoms with Gasteiger partial charge in [0.15, 0.2) is 0 Å². The van der Waals surface area contributed by atoms with Gasteiger partial charge >= 0.3 is 12.5 Å². The number of amides is 1. The van der Waals surface area contributed by atoms with Crippen molar-refractivity contribution in [2.24, 2.45) is 0 Å². The number of hydrogen-bond acceptors (Lipinski definition) is 3. The molecule has 0 unspecified atom stereocenters. The lowest BCUT2D eigenvalue weighted by molar-refractivity contribution is -0.340. The highest BCUT2D eigenvalue weighted by atomic mass is 19.4. The number of hydrogen-bond donors (Lipinski definition) is 0. The quantitative estimate of drug-likeness (QED) is 0.734. The Morgan fingerprint density at radius 1 is 1.28 bits per heavy atom. The van der Waals surface area contributed by atoms with Crippen molar-refractivity contribution in [1.82, 2.24) is 4.90 Å². The number of ether oxygens (including phenoxy) is 2. The van der Waals surface area contributed by atoms with Crippen LogP contribution in [-0.4, -0.2) is 41.6 Å². The van der Waals surface area contributed by atoms with Crippen LogP contribution in [0.15, 0.2) is 0 Å². The molecule has 2 atom stereocenters. The number of carbonyl (C=O) groups is 1. The molecule has 0 aromatic heterocycles. The summed E-state index contributed by atoms with van der Waals surface area (Å²) in [5.74, 6) is 0. The average Bonchev–Trinajstić information content (AvgIpc) is 2.39. The van der Waals surface area contributed by atoms with Crippen molar-refractivity contribution in [2.45, 2.75) is 58.2 Å². The molecule has 106 valence electrons. The highest BCUT2D eigenvalue weighted by molar-refractivity contribution is 5.69. The van der Waals surface area contributed by atoms with Crippen molar-refractivity contribution in [1.29, 1.82) is 0 Å². The molecule has 0 spiro atoms. The molecule has 1 rings (SSSR count). The zero-order chi connectivity index (χ0) is 14.1. The smallest absolute Gasteiger partial charge is 0.444 e. The van der Waals surface area contributed by atoms with E-state index >= 15 is 0 Å². The zero-order valence-electron chi connectivity index (χ0n) is 10.9. The molecule has 0 aromatic carbocycles. The van der Waals surface area contributed by atoms with E-state index in [1.807, 2.05) is 0 Å². The van der Waals surface area contributed by atoms with Crippen molar-refractivity contribution in [3.63, 3.8) is 0 Å². The molecule has 7 heteroatoms. The van der Waals surface area contributed by atoms with Crippen molar-refractivity contribution in [3.05, 3.63) is 0 Å². The van der Waals surface area contributed by atoms with Gasteiger partial charge in [-0.15, -0.1) is 13.2 Å². The Bertz CT molecular complexity index is 312. The van der Waals surface area contributed by atoms with Crippen molar-refractivity contribution >= 4 is 6.09 Å². The third kappa shape index (κ3) is 4.72. The first-order valence-electron chi connectivity index (χ1n) is 5.72. The maximum atomic E-state index is 12.1. The fourth-order valence-corrected chi connectivity index (χ4v) is 1.83. The highest BCUT2D eigenvalue weighted by Crippen LogP contribution is 2.28. The van der Waals surface area contributed by atoms with Gasteiger partial charge in [-0.1, -0.05) is 0 Å². The third-order valence-electron chi connectivity index (χ3n) is 2.46. The molecule has 0 aromatic rings. The van der Waals surface area contributed by atoms with Crippen LogP contribution in [-0.2, 0) is 9.47 Å². The lowest BCUT2D eigenvalue weighted by atomic mass is 10.2. The van der Waals surface area contributed by atoms with Gasteiger partial charge in [-0.05, 0) is 34.1 Å². The highest BCUT2D eigenvalue weighted by Gasteiger charge is 2.41. The number of halogens is 3. The minimum absolute atomic E-state index is 0.102. The largest absolute Gasteiger partial charge is 0.522 e. The first kappa shape index (κ1) is 15.1. The van der Waals surface area contributed by atoms with Crippen molar-refractivity contribution in [2.75, 3.05) is 6.54 Å². The fraction of sp³-hybridized carbons (Fsp3) is 0.909. The first-order valence-corrected chi connectivity index (χ1v) is 5.72. The molecular weight excluding hydrogens is 251 g/mol. The first-order chi connectivity index (χ1) is 7.98. The Labute approximate surface area is 104 Å². The summed E-state index contributed by atoms with van der Waals surface area (Å²) in [6, 6.07) is -0.327. The molecule has 18 heavy (non-hydrogen) atoms. The predicted octanol–water partition coefficient (Wildman–Crippen LogP) is 2.92. The molecule has 0 aliphatic carbocycles. The van der Waals surface area contributed by atoms with Gasteiger partial charge in [-0.2, -0.15) is 0 Å². The van der Waals surface area contributed by atoms with Gasteiger partial charge in [0.1, 0.15) is 5.60 Å². The summed E-state index contributed by atoms with van der Waals surface area (Å²) in [7, 11) is 0. The molecule has 0 bridgehead atoms. The molecule has 1 amide bonds. The van der Waals surface area contributed by atoms with Crippen LogP contribution in [0.5, 0.6) is 0 Å². The van der Waals surface area contributed by atoms with Gasteiger partial charge in [-0.3, -0.25) is 4.74 Å². The van der Waals surface area contributed by atoms with E-state index in [0.29, 0.717) is 0 Å². The van der Waals surface area contributed by atoms with Gasteiger partial charge < -0.3 is 9.64 Å². The maximum absolute atomic E-state index is 12.1. The fourth-order valence-electron chi connectivity index (χ4n) is 1.83. The average molecular weight is 269 g/mol. The summed E-state index contributed by atoms with van der Waals surface area (Å²) >= 11 is 0. The molecular formula is C11H18F3NO3. The lowest BCUT2D eigenvalue weighted by Gasteiger charge is -2.26. The predicted molar refractivity (Wildman–Crippen MR) is 57.9 cm³/mol. The number of nitrogens with zero attached hydrogens (tertiary/aromatic N) is 1. The third-order valence-corrected chi connectivity index (χ3v) is 2.46. The summed E-state index contributed by atoms with van der Waals surface area (Å²) in [6.07, 6.45) is -6.15. The molecule has 1 fully saturated rings. The lowest BCUT2D eigenvalue weighted by Crippen LogP contribution is -2.39. The molecule has 0 N–H and O–H groups in total. The molecule has 0 saturated carbocycles. The second kappa shape index (κ2) is 4.95. The van der Waals surface area contributed by atoms with Crippen molar-refractivity contribution < 1.29 is 27.4 Å².